The van der Waals surface area contributed by atoms with Crippen LogP contribution in [0, 0.1) is 51.2 Å². The molecule has 13 atom stereocenters. The summed E-state index contributed by atoms with van der Waals surface area (Å²) >= 11 is 0. The number of carbonyl (C=O) groups is 2. The van der Waals surface area contributed by atoms with Gasteiger partial charge in [0.05, 0.1) is 23.9 Å². The highest BCUT2D eigenvalue weighted by atomic mass is 16.6. The lowest BCUT2D eigenvalue weighted by atomic mass is 9.43. The fraction of sp³-hybridized carbons (Fsp3) is 0.935. The van der Waals surface area contributed by atoms with Crippen molar-refractivity contribution in [2.45, 2.75) is 129 Å². The van der Waals surface area contributed by atoms with E-state index in [9.17, 15) is 14.7 Å². The molecule has 0 radical (unpaired) electrons. The van der Waals surface area contributed by atoms with E-state index in [1.54, 1.807) is 0 Å². The molecule has 1 aliphatic heterocycles. The first-order valence-corrected chi connectivity index (χ1v) is 15.6. The standard InChI is InChI=1S/C31H51N3O6/c1-15(2)22(40-26(33)37)17-13-16(3)21-23(38-17)24(35)31(34)19-8-7-18-27(4,5)20(39-25(32)36)9-10-29(18)14-30(19,29)12-11-28(21,31)6/h15-24,35H,7-14,34H2,1-6H3,(H2,32,36)(H2,33,37)/t16-,17?,18?,19?,20+,21+,22-,23?,24+,28?,29?,30+,31+/m1/s1. The highest BCUT2D eigenvalue weighted by molar-refractivity contribution is 5.65. The highest BCUT2D eigenvalue weighted by Crippen LogP contribution is 2.87. The van der Waals surface area contributed by atoms with Crippen molar-refractivity contribution < 1.29 is 28.9 Å². The second-order valence-electron chi connectivity index (χ2n) is 15.8. The topological polar surface area (TPSA) is 160 Å². The SMILES string of the molecule is CC(C)[C@@H](OC(N)=O)C1C[C@@H](C)[C@H]2C(O1)[C@H](O)[C@@]1(N)C3CCC4C(C)(C)[C@@H](OC(N)=O)CCC45C[C@@]35CCC21C. The molecule has 2 spiro atoms. The molecule has 5 saturated carbocycles. The maximum atomic E-state index is 12.2. The van der Waals surface area contributed by atoms with Gasteiger partial charge in [-0.2, -0.15) is 0 Å². The zero-order valence-corrected chi connectivity index (χ0v) is 25.2. The Hall–Kier alpha value is -1.58. The zero-order chi connectivity index (χ0) is 29.2. The summed E-state index contributed by atoms with van der Waals surface area (Å²) < 4.78 is 17.9. The van der Waals surface area contributed by atoms with Gasteiger partial charge >= 0.3 is 12.2 Å². The Bertz CT molecular complexity index is 1080. The van der Waals surface area contributed by atoms with Crippen molar-refractivity contribution in [1.29, 1.82) is 0 Å². The number of ether oxygens (including phenoxy) is 3. The molecule has 0 aromatic heterocycles. The Labute approximate surface area is 238 Å². The molecule has 0 bridgehead atoms. The van der Waals surface area contributed by atoms with Gasteiger partial charge in [-0.25, -0.2) is 9.59 Å². The molecule has 6 fully saturated rings. The summed E-state index contributed by atoms with van der Waals surface area (Å²) in [5, 5.41) is 12.2. The molecular formula is C31H51N3O6. The third-order valence-electron chi connectivity index (χ3n) is 13.8. The molecule has 5 aliphatic carbocycles. The van der Waals surface area contributed by atoms with E-state index < -0.39 is 36.0 Å². The summed E-state index contributed by atoms with van der Waals surface area (Å²) in [5.74, 6) is 1.06. The first-order valence-electron chi connectivity index (χ1n) is 15.6. The first kappa shape index (κ1) is 28.5. The van der Waals surface area contributed by atoms with E-state index in [2.05, 4.69) is 27.7 Å². The van der Waals surface area contributed by atoms with Gasteiger partial charge in [-0.15, -0.1) is 0 Å². The van der Waals surface area contributed by atoms with Crippen molar-refractivity contribution in [2.75, 3.05) is 0 Å². The van der Waals surface area contributed by atoms with Gasteiger partial charge in [-0.3, -0.25) is 0 Å². The van der Waals surface area contributed by atoms with E-state index in [4.69, 9.17) is 31.4 Å². The number of nitrogens with two attached hydrogens (primary N) is 3. The molecule has 1 heterocycles. The van der Waals surface area contributed by atoms with Crippen LogP contribution in [0.25, 0.3) is 0 Å². The van der Waals surface area contributed by atoms with Crippen LogP contribution in [0.4, 0.5) is 9.59 Å². The Balaban J connectivity index is 1.32. The van der Waals surface area contributed by atoms with Gasteiger partial charge in [0.2, 0.25) is 0 Å². The fourth-order valence-corrected chi connectivity index (χ4v) is 12.3. The third-order valence-corrected chi connectivity index (χ3v) is 13.8. The van der Waals surface area contributed by atoms with E-state index in [0.29, 0.717) is 5.92 Å². The number of primary amides is 2. The van der Waals surface area contributed by atoms with Crippen LogP contribution < -0.4 is 17.2 Å². The molecule has 7 N–H and O–H groups in total. The second-order valence-corrected chi connectivity index (χ2v) is 15.8. The van der Waals surface area contributed by atoms with Gasteiger partial charge in [0, 0.05) is 5.41 Å². The van der Waals surface area contributed by atoms with E-state index in [1.165, 1.54) is 0 Å². The molecule has 226 valence electrons. The maximum Gasteiger partial charge on any atom is 0.404 e. The average Bonchev–Trinajstić information content (AvgIpc) is 3.48. The summed E-state index contributed by atoms with van der Waals surface area (Å²) in [4.78, 5) is 23.4. The summed E-state index contributed by atoms with van der Waals surface area (Å²) in [7, 11) is 0. The smallest absolute Gasteiger partial charge is 0.404 e. The van der Waals surface area contributed by atoms with E-state index >= 15 is 0 Å². The maximum absolute atomic E-state index is 12.2. The first-order chi connectivity index (χ1) is 18.6. The predicted octanol–water partition coefficient (Wildman–Crippen LogP) is 4.07. The van der Waals surface area contributed by atoms with E-state index in [-0.39, 0.29) is 57.5 Å². The van der Waals surface area contributed by atoms with Crippen molar-refractivity contribution in [3.8, 4) is 0 Å². The zero-order valence-electron chi connectivity index (χ0n) is 25.2. The Morgan fingerprint density at radius 3 is 2.25 bits per heavy atom. The van der Waals surface area contributed by atoms with E-state index in [0.717, 1.165) is 51.4 Å². The normalized spacial score (nSPS) is 52.7. The van der Waals surface area contributed by atoms with Crippen LogP contribution in [0.5, 0.6) is 0 Å². The number of aliphatic hydroxyl groups is 1. The fourth-order valence-electron chi connectivity index (χ4n) is 12.3. The number of aliphatic hydroxyl groups excluding tert-OH is 1. The lowest BCUT2D eigenvalue weighted by Crippen LogP contribution is -2.70. The largest absolute Gasteiger partial charge is 0.446 e. The van der Waals surface area contributed by atoms with Gasteiger partial charge in [0.1, 0.15) is 12.2 Å². The van der Waals surface area contributed by atoms with Gasteiger partial charge < -0.3 is 36.5 Å². The molecule has 0 aromatic rings. The van der Waals surface area contributed by atoms with Crippen molar-refractivity contribution in [3.63, 3.8) is 0 Å². The number of fused-ring (bicyclic) bond motifs is 4. The molecular weight excluding hydrogens is 510 g/mol. The predicted molar refractivity (Wildman–Crippen MR) is 149 cm³/mol. The number of rotatable bonds is 4. The van der Waals surface area contributed by atoms with E-state index in [1.807, 2.05) is 13.8 Å². The van der Waals surface area contributed by atoms with Gasteiger partial charge in [0.25, 0.3) is 0 Å². The summed E-state index contributed by atoms with van der Waals surface area (Å²) in [6.45, 7) is 13.1. The van der Waals surface area contributed by atoms with Crippen molar-refractivity contribution >= 4 is 12.2 Å². The summed E-state index contributed by atoms with van der Waals surface area (Å²) in [5.41, 5.74) is 17.6. The van der Waals surface area contributed by atoms with Crippen molar-refractivity contribution in [2.24, 2.45) is 68.5 Å². The minimum absolute atomic E-state index is 0.0337. The second kappa shape index (κ2) is 8.73. The molecule has 1 saturated heterocycles. The Kier molecular flexibility index (Phi) is 6.22. The molecule has 2 amide bonds. The molecule has 6 aliphatic rings. The summed E-state index contributed by atoms with van der Waals surface area (Å²) in [6, 6.07) is 0. The van der Waals surface area contributed by atoms with Crippen LogP contribution in [0.2, 0.25) is 0 Å². The molecule has 6 unspecified atom stereocenters. The van der Waals surface area contributed by atoms with Gasteiger partial charge in [0.15, 0.2) is 0 Å². The molecule has 6 rings (SSSR count). The lowest BCUT2D eigenvalue weighted by molar-refractivity contribution is -0.177. The monoisotopic (exact) mass is 561 g/mol. The molecule has 9 nitrogen and oxygen atoms in total. The minimum Gasteiger partial charge on any atom is -0.446 e. The number of hydrogen-bond donors (Lipinski definition) is 4. The van der Waals surface area contributed by atoms with Gasteiger partial charge in [-0.1, -0.05) is 41.5 Å². The lowest BCUT2D eigenvalue weighted by Gasteiger charge is -2.63. The quantitative estimate of drug-likeness (QED) is 0.402. The third kappa shape index (κ3) is 3.37. The van der Waals surface area contributed by atoms with Crippen LogP contribution in [0.3, 0.4) is 0 Å². The molecule has 9 heteroatoms. The molecule has 0 aromatic carbocycles. The Morgan fingerprint density at radius 2 is 1.62 bits per heavy atom. The summed E-state index contributed by atoms with van der Waals surface area (Å²) in [6.07, 6.45) is 4.13. The van der Waals surface area contributed by atoms with Gasteiger partial charge in [-0.05, 0) is 97.2 Å². The van der Waals surface area contributed by atoms with Crippen LogP contribution in [0.15, 0.2) is 0 Å². The van der Waals surface area contributed by atoms with Crippen molar-refractivity contribution in [1.82, 2.24) is 0 Å². The van der Waals surface area contributed by atoms with Crippen LogP contribution in [-0.2, 0) is 14.2 Å². The van der Waals surface area contributed by atoms with Crippen LogP contribution in [0.1, 0.15) is 92.9 Å². The number of amides is 2. The van der Waals surface area contributed by atoms with Crippen LogP contribution >= 0.6 is 0 Å². The highest BCUT2D eigenvalue weighted by Gasteiger charge is 2.85. The molecule has 40 heavy (non-hydrogen) atoms. The van der Waals surface area contributed by atoms with Crippen molar-refractivity contribution in [3.05, 3.63) is 0 Å². The van der Waals surface area contributed by atoms with Crippen LogP contribution in [-0.4, -0.2) is 53.4 Å². The number of carbonyl (C=O) groups excluding carboxylic acids is 2. The minimum atomic E-state index is -0.798. The Morgan fingerprint density at radius 1 is 0.975 bits per heavy atom. The average molecular weight is 562 g/mol. The number of hydrogen-bond acceptors (Lipinski definition) is 7.